The van der Waals surface area contributed by atoms with Crippen molar-refractivity contribution in [3.8, 4) is 0 Å². The predicted octanol–water partition coefficient (Wildman–Crippen LogP) is 3.16. The predicted molar refractivity (Wildman–Crippen MR) is 82.5 cm³/mol. The second kappa shape index (κ2) is 7.86. The first-order valence-electron chi connectivity index (χ1n) is 8.11. The lowest BCUT2D eigenvalue weighted by atomic mass is 9.92. The van der Waals surface area contributed by atoms with Gasteiger partial charge in [-0.25, -0.2) is 8.78 Å². The number of aromatic nitrogens is 2. The van der Waals surface area contributed by atoms with E-state index >= 15 is 0 Å². The van der Waals surface area contributed by atoms with E-state index in [2.05, 4.69) is 10.4 Å². The molecule has 0 aliphatic heterocycles. The Bertz CT molecular complexity index is 531. The molecule has 7 heteroatoms. The molecule has 1 aromatic heterocycles. The molecule has 1 heterocycles. The van der Waals surface area contributed by atoms with Crippen LogP contribution in [-0.4, -0.2) is 34.9 Å². The van der Waals surface area contributed by atoms with Crippen molar-refractivity contribution in [2.24, 2.45) is 5.92 Å². The fourth-order valence-electron chi connectivity index (χ4n) is 3.08. The van der Waals surface area contributed by atoms with Gasteiger partial charge in [0.15, 0.2) is 0 Å². The molecule has 1 aliphatic rings. The normalized spacial score (nSPS) is 21.9. The van der Waals surface area contributed by atoms with Crippen LogP contribution in [0.4, 0.5) is 8.78 Å². The molecule has 1 amide bonds. The van der Waals surface area contributed by atoms with E-state index in [1.165, 1.54) is 10.9 Å². The van der Waals surface area contributed by atoms with Gasteiger partial charge in [-0.1, -0.05) is 26.7 Å². The minimum atomic E-state index is -2.73. The summed E-state index contributed by atoms with van der Waals surface area (Å²) < 4.78 is 33.4. The first-order chi connectivity index (χ1) is 10.9. The SMILES string of the molecule is CO[C@H]1CCCC[C@H]1NC(=O)c1cnn(CC(C)C)c1C(F)F. The summed E-state index contributed by atoms with van der Waals surface area (Å²) in [6.07, 6.45) is 2.17. The average molecular weight is 329 g/mol. The van der Waals surface area contributed by atoms with Crippen molar-refractivity contribution in [3.05, 3.63) is 17.5 Å². The van der Waals surface area contributed by atoms with Crippen LogP contribution in [0.5, 0.6) is 0 Å². The Morgan fingerprint density at radius 3 is 2.74 bits per heavy atom. The molecule has 0 unspecified atom stereocenters. The maximum Gasteiger partial charge on any atom is 0.280 e. The summed E-state index contributed by atoms with van der Waals surface area (Å²) >= 11 is 0. The summed E-state index contributed by atoms with van der Waals surface area (Å²) in [5.41, 5.74) is -0.345. The summed E-state index contributed by atoms with van der Waals surface area (Å²) in [5, 5.41) is 6.82. The minimum absolute atomic E-state index is 0.0407. The van der Waals surface area contributed by atoms with Crippen LogP contribution in [0.2, 0.25) is 0 Å². The smallest absolute Gasteiger partial charge is 0.280 e. The van der Waals surface area contributed by atoms with E-state index in [4.69, 9.17) is 4.74 Å². The zero-order valence-corrected chi connectivity index (χ0v) is 13.9. The number of amides is 1. The first kappa shape index (κ1) is 17.8. The van der Waals surface area contributed by atoms with Crippen molar-refractivity contribution in [3.63, 3.8) is 0 Å². The lowest BCUT2D eigenvalue weighted by Crippen LogP contribution is -2.46. The van der Waals surface area contributed by atoms with Crippen molar-refractivity contribution in [1.29, 1.82) is 0 Å². The molecule has 2 rings (SSSR count). The van der Waals surface area contributed by atoms with E-state index in [1.807, 2.05) is 13.8 Å². The third-order valence-electron chi connectivity index (χ3n) is 4.19. The molecular weight excluding hydrogens is 304 g/mol. The number of hydrogen-bond acceptors (Lipinski definition) is 3. The van der Waals surface area contributed by atoms with E-state index < -0.39 is 12.3 Å². The minimum Gasteiger partial charge on any atom is -0.379 e. The molecule has 1 aromatic rings. The fraction of sp³-hybridized carbons (Fsp3) is 0.750. The van der Waals surface area contributed by atoms with Crippen LogP contribution in [0, 0.1) is 5.92 Å². The number of nitrogens with zero attached hydrogens (tertiary/aromatic N) is 2. The Kier molecular flexibility index (Phi) is 6.10. The van der Waals surface area contributed by atoms with Crippen LogP contribution in [0.3, 0.4) is 0 Å². The highest BCUT2D eigenvalue weighted by Crippen LogP contribution is 2.25. The number of hydrogen-bond donors (Lipinski definition) is 1. The lowest BCUT2D eigenvalue weighted by molar-refractivity contribution is 0.0390. The molecule has 0 saturated heterocycles. The standard InChI is InChI=1S/C16H25F2N3O2/c1-10(2)9-21-14(15(17)18)11(8-19-21)16(22)20-12-6-4-5-7-13(12)23-3/h8,10,12-13,15H,4-7,9H2,1-3H3,(H,20,22)/t12-,13+/m1/s1. The van der Waals surface area contributed by atoms with Gasteiger partial charge in [-0.2, -0.15) is 5.10 Å². The van der Waals surface area contributed by atoms with Crippen molar-refractivity contribution in [2.75, 3.05) is 7.11 Å². The number of methoxy groups -OCH3 is 1. The summed E-state index contributed by atoms with van der Waals surface area (Å²) in [7, 11) is 1.61. The molecule has 0 aromatic carbocycles. The van der Waals surface area contributed by atoms with Crippen molar-refractivity contribution < 1.29 is 18.3 Å². The first-order valence-corrected chi connectivity index (χ1v) is 8.11. The maximum atomic E-state index is 13.4. The largest absolute Gasteiger partial charge is 0.379 e. The van der Waals surface area contributed by atoms with Crippen molar-refractivity contribution in [1.82, 2.24) is 15.1 Å². The summed E-state index contributed by atoms with van der Waals surface area (Å²) in [5.74, 6) is -0.330. The van der Waals surface area contributed by atoms with Crippen LogP contribution >= 0.6 is 0 Å². The average Bonchev–Trinajstić information content (AvgIpc) is 2.90. The quantitative estimate of drug-likeness (QED) is 0.872. The highest BCUT2D eigenvalue weighted by atomic mass is 19.3. The van der Waals surface area contributed by atoms with Gasteiger partial charge in [-0.15, -0.1) is 0 Å². The molecule has 0 spiro atoms. The third-order valence-corrected chi connectivity index (χ3v) is 4.19. The second-order valence-electron chi connectivity index (χ2n) is 6.46. The number of rotatable bonds is 6. The molecule has 0 radical (unpaired) electrons. The third kappa shape index (κ3) is 4.28. The van der Waals surface area contributed by atoms with Gasteiger partial charge in [0, 0.05) is 13.7 Å². The van der Waals surface area contributed by atoms with Crippen LogP contribution in [0.25, 0.3) is 0 Å². The molecule has 130 valence electrons. The lowest BCUT2D eigenvalue weighted by Gasteiger charge is -2.31. The second-order valence-corrected chi connectivity index (χ2v) is 6.46. The van der Waals surface area contributed by atoms with Crippen molar-refractivity contribution >= 4 is 5.91 Å². The number of carbonyl (C=O) groups excluding carboxylic acids is 1. The molecule has 1 N–H and O–H groups in total. The number of halogens is 2. The van der Waals surface area contributed by atoms with Crippen LogP contribution in [0.15, 0.2) is 6.20 Å². The van der Waals surface area contributed by atoms with E-state index in [0.717, 1.165) is 25.7 Å². The van der Waals surface area contributed by atoms with Gasteiger partial charge < -0.3 is 10.1 Å². The Morgan fingerprint density at radius 1 is 1.43 bits per heavy atom. The molecule has 0 bridgehead atoms. The summed E-state index contributed by atoms with van der Waals surface area (Å²) in [6.45, 7) is 4.20. The zero-order chi connectivity index (χ0) is 17.0. The van der Waals surface area contributed by atoms with E-state index in [0.29, 0.717) is 6.54 Å². The Balaban J connectivity index is 2.16. The van der Waals surface area contributed by atoms with Gasteiger partial charge in [0.1, 0.15) is 5.69 Å². The number of ether oxygens (including phenoxy) is 1. The number of alkyl halides is 2. The highest BCUT2D eigenvalue weighted by Gasteiger charge is 2.30. The molecular formula is C16H25F2N3O2. The van der Waals surface area contributed by atoms with Crippen LogP contribution in [-0.2, 0) is 11.3 Å². The van der Waals surface area contributed by atoms with Gasteiger partial charge in [0.25, 0.3) is 12.3 Å². The number of carbonyl (C=O) groups is 1. The van der Waals surface area contributed by atoms with Crippen LogP contribution in [0.1, 0.15) is 62.0 Å². The summed E-state index contributed by atoms with van der Waals surface area (Å²) in [6, 6.07) is -0.139. The molecule has 2 atom stereocenters. The van der Waals surface area contributed by atoms with Gasteiger partial charge in [0.05, 0.1) is 23.9 Å². The molecule has 5 nitrogen and oxygen atoms in total. The van der Waals surface area contributed by atoms with Crippen LogP contribution < -0.4 is 5.32 Å². The molecule has 23 heavy (non-hydrogen) atoms. The highest BCUT2D eigenvalue weighted by molar-refractivity contribution is 5.95. The molecule has 1 saturated carbocycles. The van der Waals surface area contributed by atoms with Gasteiger partial charge >= 0.3 is 0 Å². The Morgan fingerprint density at radius 2 is 2.13 bits per heavy atom. The summed E-state index contributed by atoms with van der Waals surface area (Å²) in [4.78, 5) is 12.4. The number of nitrogens with one attached hydrogen (secondary N) is 1. The maximum absolute atomic E-state index is 13.4. The zero-order valence-electron chi connectivity index (χ0n) is 13.9. The van der Waals surface area contributed by atoms with E-state index in [-0.39, 0.29) is 29.3 Å². The molecule has 1 aliphatic carbocycles. The Hall–Kier alpha value is -1.50. The molecule has 1 fully saturated rings. The fourth-order valence-corrected chi connectivity index (χ4v) is 3.08. The monoisotopic (exact) mass is 329 g/mol. The van der Waals surface area contributed by atoms with Crippen molar-refractivity contribution in [2.45, 2.75) is 64.6 Å². The van der Waals surface area contributed by atoms with Gasteiger partial charge in [-0.3, -0.25) is 9.48 Å². The van der Waals surface area contributed by atoms with E-state index in [9.17, 15) is 13.6 Å². The van der Waals surface area contributed by atoms with Gasteiger partial charge in [-0.05, 0) is 18.8 Å². The topological polar surface area (TPSA) is 56.1 Å². The van der Waals surface area contributed by atoms with Gasteiger partial charge in [0.2, 0.25) is 0 Å². The Labute approximate surface area is 135 Å². The van der Waals surface area contributed by atoms with E-state index in [1.54, 1.807) is 7.11 Å².